The van der Waals surface area contributed by atoms with Crippen LogP contribution < -0.4 is 5.32 Å². The molecule has 7 heteroatoms. The third kappa shape index (κ3) is 4.62. The van der Waals surface area contributed by atoms with Crippen LogP contribution in [0.25, 0.3) is 0 Å². The van der Waals surface area contributed by atoms with Crippen molar-refractivity contribution in [2.24, 2.45) is 0 Å². The zero-order valence-corrected chi connectivity index (χ0v) is 14.7. The number of aliphatic hydroxyl groups excluding tert-OH is 1. The molecule has 2 saturated heterocycles. The van der Waals surface area contributed by atoms with Crippen LogP contribution in [-0.4, -0.2) is 75.2 Å². The molecule has 23 heavy (non-hydrogen) atoms. The van der Waals surface area contributed by atoms with Gasteiger partial charge in [-0.2, -0.15) is 23.5 Å². The van der Waals surface area contributed by atoms with E-state index in [0.29, 0.717) is 18.2 Å². The number of nitrogens with one attached hydrogen (secondary N) is 1. The van der Waals surface area contributed by atoms with Gasteiger partial charge in [0.1, 0.15) is 0 Å². The molecular formula is C16H23N3O2S2. The van der Waals surface area contributed by atoms with E-state index in [-0.39, 0.29) is 11.9 Å². The quantitative estimate of drug-likeness (QED) is 0.848. The number of rotatable bonds is 3. The van der Waals surface area contributed by atoms with Gasteiger partial charge in [-0.1, -0.05) is 0 Å². The predicted octanol–water partition coefficient (Wildman–Crippen LogP) is 1.10. The summed E-state index contributed by atoms with van der Waals surface area (Å²) in [5, 5.41) is 13.4. The third-order valence-corrected chi connectivity index (χ3v) is 6.85. The van der Waals surface area contributed by atoms with Gasteiger partial charge in [0.15, 0.2) is 0 Å². The lowest BCUT2D eigenvalue weighted by Gasteiger charge is -2.40. The number of hydrogen-bond donors (Lipinski definition) is 2. The summed E-state index contributed by atoms with van der Waals surface area (Å²) < 4.78 is 0. The number of piperidine rings is 1. The van der Waals surface area contributed by atoms with Crippen molar-refractivity contribution >= 4 is 29.4 Å². The van der Waals surface area contributed by atoms with Gasteiger partial charge < -0.3 is 10.4 Å². The second-order valence-corrected chi connectivity index (χ2v) is 8.28. The Kier molecular flexibility index (Phi) is 6.21. The first-order chi connectivity index (χ1) is 11.2. The van der Waals surface area contributed by atoms with Crippen LogP contribution in [0.3, 0.4) is 0 Å². The van der Waals surface area contributed by atoms with Crippen LogP contribution in [0.2, 0.25) is 0 Å². The SMILES string of the molecule is O=C(N[C@@H]1CCN(C2CSCCSC2)C[C@H]1O)c1cccnc1. The number of likely N-dealkylation sites (tertiary alicyclic amines) is 1. The van der Waals surface area contributed by atoms with Gasteiger partial charge in [0.05, 0.1) is 17.7 Å². The molecule has 2 N–H and O–H groups in total. The number of β-amino-alcohol motifs (C(OH)–C–C–N with tert-alkyl or cyclic N) is 1. The molecule has 3 rings (SSSR count). The van der Waals surface area contributed by atoms with E-state index in [1.54, 1.807) is 24.5 Å². The van der Waals surface area contributed by atoms with E-state index >= 15 is 0 Å². The van der Waals surface area contributed by atoms with Crippen LogP contribution in [0.1, 0.15) is 16.8 Å². The van der Waals surface area contributed by atoms with E-state index in [0.717, 1.165) is 24.5 Å². The van der Waals surface area contributed by atoms with Crippen LogP contribution in [0, 0.1) is 0 Å². The molecule has 0 radical (unpaired) electrons. The molecule has 0 unspecified atom stereocenters. The highest BCUT2D eigenvalue weighted by Crippen LogP contribution is 2.23. The first kappa shape index (κ1) is 17.1. The fraction of sp³-hybridized carbons (Fsp3) is 0.625. The third-order valence-electron chi connectivity index (χ3n) is 4.36. The van der Waals surface area contributed by atoms with E-state index in [1.165, 1.54) is 11.5 Å². The molecule has 1 amide bonds. The molecule has 3 heterocycles. The number of aromatic nitrogens is 1. The molecule has 2 aliphatic heterocycles. The average Bonchev–Trinajstić information content (AvgIpc) is 2.87. The standard InChI is InChI=1S/C16H23N3O2S2/c20-15-9-19(13-10-22-6-7-23-11-13)5-3-14(15)18-16(21)12-2-1-4-17-8-12/h1-2,4,8,13-15,20H,3,5-7,9-11H2,(H,18,21)/t14-,15-/m1/s1. The zero-order chi connectivity index (χ0) is 16.1. The lowest BCUT2D eigenvalue weighted by Crippen LogP contribution is -2.57. The fourth-order valence-corrected chi connectivity index (χ4v) is 5.65. The maximum absolute atomic E-state index is 12.2. The van der Waals surface area contributed by atoms with Gasteiger partial charge >= 0.3 is 0 Å². The Bertz CT molecular complexity index is 509. The van der Waals surface area contributed by atoms with E-state index in [1.807, 2.05) is 23.5 Å². The van der Waals surface area contributed by atoms with Crippen LogP contribution in [0.5, 0.6) is 0 Å². The number of nitrogens with zero attached hydrogens (tertiary/aromatic N) is 2. The summed E-state index contributed by atoms with van der Waals surface area (Å²) in [6.45, 7) is 1.57. The van der Waals surface area contributed by atoms with Crippen molar-refractivity contribution in [1.82, 2.24) is 15.2 Å². The van der Waals surface area contributed by atoms with Gasteiger partial charge in [0.2, 0.25) is 0 Å². The zero-order valence-electron chi connectivity index (χ0n) is 13.1. The Labute approximate surface area is 145 Å². The molecule has 0 aromatic carbocycles. The first-order valence-electron chi connectivity index (χ1n) is 8.02. The fourth-order valence-electron chi connectivity index (χ4n) is 3.02. The highest BCUT2D eigenvalue weighted by molar-refractivity contribution is 8.03. The van der Waals surface area contributed by atoms with Crippen molar-refractivity contribution in [3.63, 3.8) is 0 Å². The Hall–Kier alpha value is -0.760. The van der Waals surface area contributed by atoms with Crippen molar-refractivity contribution in [1.29, 1.82) is 0 Å². The van der Waals surface area contributed by atoms with E-state index in [2.05, 4.69) is 15.2 Å². The van der Waals surface area contributed by atoms with Gasteiger partial charge in [-0.05, 0) is 18.6 Å². The monoisotopic (exact) mass is 353 g/mol. The van der Waals surface area contributed by atoms with Gasteiger partial charge in [0, 0.05) is 54.5 Å². The van der Waals surface area contributed by atoms with Gasteiger partial charge in [-0.15, -0.1) is 0 Å². The number of carbonyl (C=O) groups excluding carboxylic acids is 1. The second-order valence-electron chi connectivity index (χ2n) is 5.98. The molecule has 2 fully saturated rings. The summed E-state index contributed by atoms with van der Waals surface area (Å²) in [7, 11) is 0. The maximum Gasteiger partial charge on any atom is 0.253 e. The largest absolute Gasteiger partial charge is 0.390 e. The van der Waals surface area contributed by atoms with Crippen LogP contribution in [-0.2, 0) is 0 Å². The summed E-state index contributed by atoms with van der Waals surface area (Å²) in [4.78, 5) is 18.6. The molecule has 1 aromatic heterocycles. The highest BCUT2D eigenvalue weighted by Gasteiger charge is 2.32. The van der Waals surface area contributed by atoms with Crippen molar-refractivity contribution in [3.8, 4) is 0 Å². The molecule has 2 aliphatic rings. The Morgan fingerprint density at radius 2 is 2.13 bits per heavy atom. The molecular weight excluding hydrogens is 330 g/mol. The molecule has 1 aromatic rings. The number of thioether (sulfide) groups is 2. The molecule has 0 bridgehead atoms. The summed E-state index contributed by atoms with van der Waals surface area (Å²) in [6, 6.07) is 3.85. The van der Waals surface area contributed by atoms with E-state index < -0.39 is 6.10 Å². The average molecular weight is 354 g/mol. The van der Waals surface area contributed by atoms with E-state index in [9.17, 15) is 9.90 Å². The summed E-state index contributed by atoms with van der Waals surface area (Å²) >= 11 is 4.01. The number of carbonyl (C=O) groups is 1. The molecule has 0 saturated carbocycles. The second kappa shape index (κ2) is 8.37. The topological polar surface area (TPSA) is 65.5 Å². The molecule has 2 atom stereocenters. The molecule has 126 valence electrons. The van der Waals surface area contributed by atoms with Crippen LogP contribution in [0.4, 0.5) is 0 Å². The highest BCUT2D eigenvalue weighted by atomic mass is 32.2. The van der Waals surface area contributed by atoms with Gasteiger partial charge in [0.25, 0.3) is 5.91 Å². The normalized spacial score (nSPS) is 27.3. The number of amides is 1. The Morgan fingerprint density at radius 3 is 2.78 bits per heavy atom. The van der Waals surface area contributed by atoms with Crippen molar-refractivity contribution < 1.29 is 9.90 Å². The van der Waals surface area contributed by atoms with Crippen molar-refractivity contribution in [2.45, 2.75) is 24.6 Å². The molecule has 5 nitrogen and oxygen atoms in total. The summed E-state index contributed by atoms with van der Waals surface area (Å²) in [5.74, 6) is 4.58. The van der Waals surface area contributed by atoms with E-state index in [4.69, 9.17) is 0 Å². The predicted molar refractivity (Wildman–Crippen MR) is 96.1 cm³/mol. The van der Waals surface area contributed by atoms with Crippen LogP contribution in [0.15, 0.2) is 24.5 Å². The lowest BCUT2D eigenvalue weighted by molar-refractivity contribution is 0.0278. The summed E-state index contributed by atoms with van der Waals surface area (Å²) in [6.07, 6.45) is 3.48. The van der Waals surface area contributed by atoms with Gasteiger partial charge in [-0.25, -0.2) is 0 Å². The first-order valence-corrected chi connectivity index (χ1v) is 10.3. The van der Waals surface area contributed by atoms with Gasteiger partial charge in [-0.3, -0.25) is 14.7 Å². The number of aliphatic hydroxyl groups is 1. The number of pyridine rings is 1. The molecule has 0 spiro atoms. The summed E-state index contributed by atoms with van der Waals surface area (Å²) in [5.41, 5.74) is 0.540. The minimum Gasteiger partial charge on any atom is -0.390 e. The van der Waals surface area contributed by atoms with Crippen LogP contribution >= 0.6 is 23.5 Å². The maximum atomic E-state index is 12.2. The minimum atomic E-state index is -0.511. The smallest absolute Gasteiger partial charge is 0.253 e. The Morgan fingerprint density at radius 1 is 1.35 bits per heavy atom. The Balaban J connectivity index is 1.53. The lowest BCUT2D eigenvalue weighted by atomic mass is 10.00. The van der Waals surface area contributed by atoms with Crippen molar-refractivity contribution in [3.05, 3.63) is 30.1 Å². The molecule has 0 aliphatic carbocycles. The minimum absolute atomic E-state index is 0.156. The van der Waals surface area contributed by atoms with Crippen molar-refractivity contribution in [2.75, 3.05) is 36.1 Å². The number of hydrogen-bond acceptors (Lipinski definition) is 6.